The summed E-state index contributed by atoms with van der Waals surface area (Å²) in [7, 11) is 0. The molecule has 0 N–H and O–H groups in total. The van der Waals surface area contributed by atoms with Gasteiger partial charge in [0.25, 0.3) is 0 Å². The molecule has 0 spiro atoms. The Balaban J connectivity index is 2.35. The maximum Gasteiger partial charge on any atom is 0.170 e. The molecular weight excluding hydrogens is 218 g/mol. The normalized spacial score (nSPS) is 10.8. The van der Waals surface area contributed by atoms with Gasteiger partial charge in [-0.3, -0.25) is 9.55 Å². The van der Waals surface area contributed by atoms with Gasteiger partial charge in [-0.25, -0.2) is 4.98 Å². The van der Waals surface area contributed by atoms with Crippen molar-refractivity contribution in [2.24, 2.45) is 0 Å². The minimum atomic E-state index is 0.675. The van der Waals surface area contributed by atoms with Gasteiger partial charge in [0, 0.05) is 6.20 Å². The van der Waals surface area contributed by atoms with Crippen molar-refractivity contribution in [3.63, 3.8) is 0 Å². The van der Waals surface area contributed by atoms with Gasteiger partial charge in [0.15, 0.2) is 5.16 Å². The number of nitrogens with zero attached hydrogens (tertiary/aromatic N) is 3. The van der Waals surface area contributed by atoms with Gasteiger partial charge in [-0.1, -0.05) is 12.1 Å². The van der Waals surface area contributed by atoms with Crippen molar-refractivity contribution in [3.8, 4) is 5.69 Å². The molecule has 3 rings (SSSR count). The highest BCUT2D eigenvalue weighted by Gasteiger charge is 2.08. The van der Waals surface area contributed by atoms with E-state index >= 15 is 0 Å². The fraction of sp³-hybridized carbons (Fsp3) is 0. The van der Waals surface area contributed by atoms with E-state index in [9.17, 15) is 0 Å². The third-order valence-corrected chi connectivity index (χ3v) is 2.75. The van der Waals surface area contributed by atoms with Crippen LogP contribution < -0.4 is 0 Å². The summed E-state index contributed by atoms with van der Waals surface area (Å²) in [5.41, 5.74) is 2.96. The lowest BCUT2D eigenvalue weighted by molar-refractivity contribution is 0.919. The number of thiol groups is 1. The van der Waals surface area contributed by atoms with Gasteiger partial charge < -0.3 is 0 Å². The number of rotatable bonds is 1. The van der Waals surface area contributed by atoms with Crippen molar-refractivity contribution in [2.45, 2.75) is 5.16 Å². The molecule has 78 valence electrons. The highest BCUT2D eigenvalue weighted by atomic mass is 32.1. The highest BCUT2D eigenvalue weighted by molar-refractivity contribution is 7.80. The Bertz CT molecular complexity index is 631. The summed E-state index contributed by atoms with van der Waals surface area (Å²) in [5.74, 6) is 0. The molecule has 0 bridgehead atoms. The average Bonchev–Trinajstić information content (AvgIpc) is 2.66. The molecule has 0 atom stereocenters. The smallest absolute Gasteiger partial charge is 0.170 e. The number of fused-ring (bicyclic) bond motifs is 1. The largest absolute Gasteiger partial charge is 0.286 e. The molecule has 0 amide bonds. The summed E-state index contributed by atoms with van der Waals surface area (Å²) in [4.78, 5) is 8.49. The first-order chi connectivity index (χ1) is 7.86. The van der Waals surface area contributed by atoms with Gasteiger partial charge in [0.1, 0.15) is 0 Å². The molecular formula is C12H9N3S. The summed E-state index contributed by atoms with van der Waals surface area (Å²) >= 11 is 4.39. The quantitative estimate of drug-likeness (QED) is 0.648. The van der Waals surface area contributed by atoms with Gasteiger partial charge in [-0.15, -0.1) is 12.6 Å². The van der Waals surface area contributed by atoms with Crippen LogP contribution in [0.5, 0.6) is 0 Å². The second kappa shape index (κ2) is 3.64. The molecule has 0 aliphatic rings. The van der Waals surface area contributed by atoms with Gasteiger partial charge >= 0.3 is 0 Å². The van der Waals surface area contributed by atoms with Crippen molar-refractivity contribution in [3.05, 3.63) is 48.8 Å². The van der Waals surface area contributed by atoms with Gasteiger partial charge in [-0.2, -0.15) is 0 Å². The van der Waals surface area contributed by atoms with Crippen molar-refractivity contribution in [1.29, 1.82) is 0 Å². The molecule has 0 fully saturated rings. The average molecular weight is 227 g/mol. The van der Waals surface area contributed by atoms with E-state index in [4.69, 9.17) is 0 Å². The zero-order valence-electron chi connectivity index (χ0n) is 8.41. The lowest BCUT2D eigenvalue weighted by atomic mass is 10.3. The van der Waals surface area contributed by atoms with E-state index in [0.717, 1.165) is 16.7 Å². The monoisotopic (exact) mass is 227 g/mol. The minimum absolute atomic E-state index is 0.675. The maximum absolute atomic E-state index is 4.39. The predicted molar refractivity (Wildman–Crippen MR) is 66.1 cm³/mol. The summed E-state index contributed by atoms with van der Waals surface area (Å²) in [5, 5.41) is 0.675. The van der Waals surface area contributed by atoms with Crippen LogP contribution >= 0.6 is 12.6 Å². The van der Waals surface area contributed by atoms with Crippen molar-refractivity contribution >= 4 is 23.7 Å². The molecule has 3 nitrogen and oxygen atoms in total. The Kier molecular flexibility index (Phi) is 2.15. The van der Waals surface area contributed by atoms with Crippen LogP contribution in [0, 0.1) is 0 Å². The molecule has 0 aliphatic carbocycles. The molecule has 4 heteroatoms. The molecule has 2 heterocycles. The molecule has 1 aromatic carbocycles. The third kappa shape index (κ3) is 1.39. The van der Waals surface area contributed by atoms with E-state index < -0.39 is 0 Å². The number of pyridine rings is 1. The Morgan fingerprint density at radius 3 is 2.75 bits per heavy atom. The molecule has 16 heavy (non-hydrogen) atoms. The van der Waals surface area contributed by atoms with E-state index in [1.807, 2.05) is 41.0 Å². The Hall–Kier alpha value is -1.81. The fourth-order valence-electron chi connectivity index (χ4n) is 1.75. The lowest BCUT2D eigenvalue weighted by Crippen LogP contribution is -1.94. The highest BCUT2D eigenvalue weighted by Crippen LogP contribution is 2.22. The van der Waals surface area contributed by atoms with Crippen LogP contribution in [0.3, 0.4) is 0 Å². The van der Waals surface area contributed by atoms with Crippen LogP contribution in [0.15, 0.2) is 53.9 Å². The Morgan fingerprint density at radius 2 is 1.94 bits per heavy atom. The summed E-state index contributed by atoms with van der Waals surface area (Å²) in [6.45, 7) is 0. The number of para-hydroxylation sites is 2. The van der Waals surface area contributed by atoms with Gasteiger partial charge in [-0.05, 0) is 24.3 Å². The van der Waals surface area contributed by atoms with E-state index in [1.165, 1.54) is 0 Å². The first-order valence-corrected chi connectivity index (χ1v) is 5.38. The molecule has 0 saturated heterocycles. The predicted octanol–water partition coefficient (Wildman–Crippen LogP) is 2.71. The van der Waals surface area contributed by atoms with Crippen LogP contribution in [0.1, 0.15) is 0 Å². The van der Waals surface area contributed by atoms with Crippen molar-refractivity contribution in [1.82, 2.24) is 14.5 Å². The van der Waals surface area contributed by atoms with Crippen molar-refractivity contribution in [2.75, 3.05) is 0 Å². The van der Waals surface area contributed by atoms with Crippen LogP contribution in [-0.2, 0) is 0 Å². The number of imidazole rings is 1. The van der Waals surface area contributed by atoms with E-state index in [-0.39, 0.29) is 0 Å². The summed E-state index contributed by atoms with van der Waals surface area (Å²) in [6, 6.07) is 11.8. The van der Waals surface area contributed by atoms with Crippen LogP contribution in [0.2, 0.25) is 0 Å². The second-order valence-electron chi connectivity index (χ2n) is 3.45. The molecule has 0 radical (unpaired) electrons. The minimum Gasteiger partial charge on any atom is -0.286 e. The third-order valence-electron chi connectivity index (χ3n) is 2.45. The number of aromatic nitrogens is 3. The Morgan fingerprint density at radius 1 is 1.06 bits per heavy atom. The molecule has 2 aromatic heterocycles. The maximum atomic E-state index is 4.39. The zero-order valence-corrected chi connectivity index (χ0v) is 9.30. The van der Waals surface area contributed by atoms with E-state index in [2.05, 4.69) is 22.6 Å². The fourth-order valence-corrected chi connectivity index (χ4v) is 2.08. The standard InChI is InChI=1S/C12H9N3S/c16-12-14-10-5-1-2-6-11(10)15(12)9-4-3-7-13-8-9/h1-8H,(H,14,16). The molecule has 0 saturated carbocycles. The van der Waals surface area contributed by atoms with E-state index in [1.54, 1.807) is 12.4 Å². The topological polar surface area (TPSA) is 30.7 Å². The number of hydrogen-bond donors (Lipinski definition) is 1. The molecule has 0 unspecified atom stereocenters. The lowest BCUT2D eigenvalue weighted by Gasteiger charge is -2.04. The number of benzene rings is 1. The molecule has 0 aliphatic heterocycles. The van der Waals surface area contributed by atoms with Crippen molar-refractivity contribution < 1.29 is 0 Å². The van der Waals surface area contributed by atoms with Gasteiger partial charge in [0.05, 0.1) is 22.9 Å². The second-order valence-corrected chi connectivity index (χ2v) is 3.85. The van der Waals surface area contributed by atoms with E-state index in [0.29, 0.717) is 5.16 Å². The summed E-state index contributed by atoms with van der Waals surface area (Å²) in [6.07, 6.45) is 3.55. The first-order valence-electron chi connectivity index (χ1n) is 4.93. The van der Waals surface area contributed by atoms with Gasteiger partial charge in [0.2, 0.25) is 0 Å². The van der Waals surface area contributed by atoms with Crippen LogP contribution in [-0.4, -0.2) is 14.5 Å². The molecule has 3 aromatic rings. The number of hydrogen-bond acceptors (Lipinski definition) is 3. The van der Waals surface area contributed by atoms with Crippen LogP contribution in [0.25, 0.3) is 16.7 Å². The van der Waals surface area contributed by atoms with Crippen LogP contribution in [0.4, 0.5) is 0 Å². The SMILES string of the molecule is Sc1nc2ccccc2n1-c1cccnc1. The Labute approximate surface area is 98.2 Å². The zero-order chi connectivity index (χ0) is 11.0. The first kappa shape index (κ1) is 9.42. The summed E-state index contributed by atoms with van der Waals surface area (Å²) < 4.78 is 1.98.